The topological polar surface area (TPSA) is 130 Å². The number of allylic oxidation sites excluding steroid dienone is 1. The van der Waals surface area contributed by atoms with Crippen LogP contribution in [0, 0.1) is 22.7 Å². The van der Waals surface area contributed by atoms with Crippen LogP contribution in [0.3, 0.4) is 0 Å². The second-order valence-corrected chi connectivity index (χ2v) is 13.1. The first-order valence-corrected chi connectivity index (χ1v) is 14.4. The molecule has 2 unspecified atom stereocenters. The van der Waals surface area contributed by atoms with Gasteiger partial charge in [0.15, 0.2) is 6.29 Å². The van der Waals surface area contributed by atoms with Gasteiger partial charge in [-0.3, -0.25) is 0 Å². The molecule has 4 aliphatic carbocycles. The Bertz CT molecular complexity index is 1130. The largest absolute Gasteiger partial charge is 0.431 e. The SMILES string of the molecule is C[C@@H]1O[C@@H](O[C@@H]2C=C3CCC4C(CC[C@]5(C)[C@@H](c6ccc(=O)oc6)CC[C@]45O)[C@@]3(C)CC2)[C@H](O)[C@H](O)[C@H]1O. The van der Waals surface area contributed by atoms with Crippen LogP contribution in [0.5, 0.6) is 0 Å². The molecular weight excluding hydrogens is 488 g/mol. The van der Waals surface area contributed by atoms with E-state index in [1.165, 1.54) is 11.6 Å². The molecule has 4 fully saturated rings. The average molecular weight is 531 g/mol. The quantitative estimate of drug-likeness (QED) is 0.439. The second-order valence-electron chi connectivity index (χ2n) is 13.1. The van der Waals surface area contributed by atoms with Gasteiger partial charge in [0.05, 0.1) is 24.1 Å². The third-order valence-electron chi connectivity index (χ3n) is 11.5. The average Bonchev–Trinajstić information content (AvgIpc) is 3.18. The molecule has 5 aliphatic rings. The van der Waals surface area contributed by atoms with Gasteiger partial charge >= 0.3 is 5.63 Å². The van der Waals surface area contributed by atoms with Gasteiger partial charge in [0, 0.05) is 11.5 Å². The van der Waals surface area contributed by atoms with E-state index in [0.717, 1.165) is 56.9 Å². The van der Waals surface area contributed by atoms with E-state index >= 15 is 0 Å². The van der Waals surface area contributed by atoms with Crippen molar-refractivity contribution >= 4 is 0 Å². The van der Waals surface area contributed by atoms with Crippen molar-refractivity contribution in [3.8, 4) is 0 Å². The van der Waals surface area contributed by atoms with Gasteiger partial charge in [-0.05, 0) is 93.1 Å². The smallest absolute Gasteiger partial charge is 0.335 e. The van der Waals surface area contributed by atoms with E-state index < -0.39 is 36.3 Å². The predicted molar refractivity (Wildman–Crippen MR) is 138 cm³/mol. The standard InChI is InChI=1S/C30H42O8/c1-16-24(32)25(33)26(34)27(37-16)38-19-8-11-28(2)18(14-19)5-6-22-21(28)9-12-29(3)20(10-13-30(22,29)35)17-4-7-23(31)36-15-17/h4,7,14-16,19-22,24-27,32-35H,5-6,8-13H2,1-3H3/t16-,19-,20+,21?,22?,24-,25+,26+,27-,28-,29+,30-/m0/s1. The third-order valence-corrected chi connectivity index (χ3v) is 11.5. The summed E-state index contributed by atoms with van der Waals surface area (Å²) in [5.74, 6) is 0.759. The van der Waals surface area contributed by atoms with Crippen LogP contribution in [-0.4, -0.2) is 62.8 Å². The zero-order chi connectivity index (χ0) is 27.0. The zero-order valence-corrected chi connectivity index (χ0v) is 22.6. The minimum absolute atomic E-state index is 0.0213. The van der Waals surface area contributed by atoms with Gasteiger partial charge in [-0.2, -0.15) is 0 Å². The van der Waals surface area contributed by atoms with Crippen molar-refractivity contribution in [2.24, 2.45) is 22.7 Å². The van der Waals surface area contributed by atoms with Crippen LogP contribution in [0.25, 0.3) is 0 Å². The number of aliphatic hydroxyl groups excluding tert-OH is 3. The maximum Gasteiger partial charge on any atom is 0.335 e. The van der Waals surface area contributed by atoms with Crippen LogP contribution < -0.4 is 5.63 Å². The maximum absolute atomic E-state index is 12.4. The van der Waals surface area contributed by atoms with Crippen LogP contribution in [0.2, 0.25) is 0 Å². The van der Waals surface area contributed by atoms with Gasteiger partial charge in [0.2, 0.25) is 0 Å². The predicted octanol–water partition coefficient (Wildman–Crippen LogP) is 3.01. The Balaban J connectivity index is 1.21. The van der Waals surface area contributed by atoms with Crippen molar-refractivity contribution in [3.05, 3.63) is 46.0 Å². The summed E-state index contributed by atoms with van der Waals surface area (Å²) < 4.78 is 17.0. The first kappa shape index (κ1) is 26.7. The van der Waals surface area contributed by atoms with E-state index in [2.05, 4.69) is 19.9 Å². The Hall–Kier alpha value is -1.55. The van der Waals surface area contributed by atoms with Crippen molar-refractivity contribution in [3.63, 3.8) is 0 Å². The molecule has 2 heterocycles. The molecule has 210 valence electrons. The fourth-order valence-corrected chi connectivity index (χ4v) is 9.17. The molecule has 0 amide bonds. The number of rotatable bonds is 3. The van der Waals surface area contributed by atoms with Crippen molar-refractivity contribution < 1.29 is 34.3 Å². The molecule has 1 saturated heterocycles. The van der Waals surface area contributed by atoms with E-state index in [9.17, 15) is 25.2 Å². The molecule has 8 nitrogen and oxygen atoms in total. The second kappa shape index (κ2) is 9.25. The zero-order valence-electron chi connectivity index (χ0n) is 22.6. The number of hydrogen-bond donors (Lipinski definition) is 4. The van der Waals surface area contributed by atoms with Gasteiger partial charge in [0.25, 0.3) is 0 Å². The van der Waals surface area contributed by atoms with Crippen LogP contribution in [0.15, 0.2) is 39.3 Å². The van der Waals surface area contributed by atoms with Gasteiger partial charge in [0.1, 0.15) is 18.3 Å². The number of aliphatic hydroxyl groups is 4. The highest BCUT2D eigenvalue weighted by molar-refractivity contribution is 5.31. The summed E-state index contributed by atoms with van der Waals surface area (Å²) in [4.78, 5) is 11.5. The molecule has 38 heavy (non-hydrogen) atoms. The lowest BCUT2D eigenvalue weighted by atomic mass is 9.45. The van der Waals surface area contributed by atoms with Gasteiger partial charge in [-0.25, -0.2) is 4.79 Å². The van der Waals surface area contributed by atoms with Crippen LogP contribution >= 0.6 is 0 Å². The summed E-state index contributed by atoms with van der Waals surface area (Å²) in [6.07, 6.45) is 5.32. The summed E-state index contributed by atoms with van der Waals surface area (Å²) in [6.45, 7) is 6.26. The van der Waals surface area contributed by atoms with Gasteiger partial charge < -0.3 is 34.3 Å². The Kier molecular flexibility index (Phi) is 6.49. The highest BCUT2D eigenvalue weighted by atomic mass is 16.7. The summed E-state index contributed by atoms with van der Waals surface area (Å²) in [5, 5.41) is 43.0. The van der Waals surface area contributed by atoms with E-state index in [0.29, 0.717) is 5.92 Å². The molecule has 1 aromatic heterocycles. The van der Waals surface area contributed by atoms with E-state index in [1.807, 2.05) is 6.07 Å². The monoisotopic (exact) mass is 530 g/mol. The number of ether oxygens (including phenoxy) is 2. The molecule has 0 bridgehead atoms. The number of fused-ring (bicyclic) bond motifs is 5. The lowest BCUT2D eigenvalue weighted by molar-refractivity contribution is -0.301. The van der Waals surface area contributed by atoms with E-state index in [-0.39, 0.29) is 34.4 Å². The normalized spacial score (nSPS) is 50.5. The molecule has 12 atom stereocenters. The van der Waals surface area contributed by atoms with Gasteiger partial charge in [-0.15, -0.1) is 0 Å². The molecule has 0 radical (unpaired) electrons. The molecule has 4 N–H and O–H groups in total. The molecule has 3 saturated carbocycles. The van der Waals surface area contributed by atoms with Crippen LogP contribution in [0.4, 0.5) is 0 Å². The molecule has 1 aromatic rings. The third kappa shape index (κ3) is 3.82. The first-order chi connectivity index (χ1) is 18.0. The minimum Gasteiger partial charge on any atom is -0.431 e. The molecular formula is C30H42O8. The van der Waals surface area contributed by atoms with Crippen LogP contribution in [0.1, 0.15) is 83.6 Å². The van der Waals surface area contributed by atoms with Crippen molar-refractivity contribution in [2.75, 3.05) is 0 Å². The Morgan fingerprint density at radius 2 is 1.74 bits per heavy atom. The number of hydrogen-bond acceptors (Lipinski definition) is 8. The van der Waals surface area contributed by atoms with Crippen LogP contribution in [-0.2, 0) is 9.47 Å². The molecule has 8 heteroatoms. The summed E-state index contributed by atoms with van der Waals surface area (Å²) in [5.41, 5.74) is 0.991. The Morgan fingerprint density at radius 1 is 0.947 bits per heavy atom. The molecule has 0 aromatic carbocycles. The minimum atomic E-state index is -1.31. The molecule has 0 spiro atoms. The maximum atomic E-state index is 12.4. The first-order valence-electron chi connectivity index (χ1n) is 14.4. The summed E-state index contributed by atoms with van der Waals surface area (Å²) >= 11 is 0. The van der Waals surface area contributed by atoms with Crippen molar-refractivity contribution in [2.45, 2.75) is 120 Å². The fraction of sp³-hybridized carbons (Fsp3) is 0.767. The highest BCUT2D eigenvalue weighted by Gasteiger charge is 2.66. The molecule has 1 aliphatic heterocycles. The van der Waals surface area contributed by atoms with E-state index in [4.69, 9.17) is 13.9 Å². The van der Waals surface area contributed by atoms with Gasteiger partial charge in [-0.1, -0.05) is 25.5 Å². The highest BCUT2D eigenvalue weighted by Crippen LogP contribution is 2.70. The Morgan fingerprint density at radius 3 is 2.47 bits per heavy atom. The van der Waals surface area contributed by atoms with Crippen molar-refractivity contribution in [1.29, 1.82) is 0 Å². The van der Waals surface area contributed by atoms with Crippen molar-refractivity contribution in [1.82, 2.24) is 0 Å². The summed E-state index contributed by atoms with van der Waals surface area (Å²) in [7, 11) is 0. The summed E-state index contributed by atoms with van der Waals surface area (Å²) in [6, 6.07) is 3.36. The lowest BCUT2D eigenvalue weighted by Crippen LogP contribution is -2.60. The fourth-order valence-electron chi connectivity index (χ4n) is 9.17. The van der Waals surface area contributed by atoms with E-state index in [1.54, 1.807) is 13.2 Å². The Labute approximate surface area is 223 Å². The lowest BCUT2D eigenvalue weighted by Gasteiger charge is -2.62. The molecule has 6 rings (SSSR count).